The maximum absolute atomic E-state index is 5.85. The Balaban J connectivity index is 2.26. The van der Waals surface area contributed by atoms with E-state index >= 15 is 0 Å². The predicted molar refractivity (Wildman–Crippen MR) is 63.5 cm³/mol. The van der Waals surface area contributed by atoms with Crippen molar-refractivity contribution >= 4 is 27.5 Å². The maximum Gasteiger partial charge on any atom is 0.144 e. The summed E-state index contributed by atoms with van der Waals surface area (Å²) in [6, 6.07) is 9.03. The molecule has 15 heavy (non-hydrogen) atoms. The van der Waals surface area contributed by atoms with Gasteiger partial charge < -0.3 is 4.74 Å². The van der Waals surface area contributed by atoms with Gasteiger partial charge in [0.15, 0.2) is 0 Å². The van der Waals surface area contributed by atoms with Crippen molar-refractivity contribution in [2.45, 2.75) is 0 Å². The molecule has 0 amide bonds. The molecule has 1 aromatic carbocycles. The molecule has 0 bridgehead atoms. The zero-order chi connectivity index (χ0) is 10.7. The lowest BCUT2D eigenvalue weighted by atomic mass is 10.3. The standard InChI is InChI=1S/C11H7BrClNO/c12-10-7-14-5-4-11(10)15-9-3-1-2-8(13)6-9/h1-7H. The third-order valence-corrected chi connectivity index (χ3v) is 2.59. The molecule has 0 saturated carbocycles. The number of hydrogen-bond donors (Lipinski definition) is 0. The van der Waals surface area contributed by atoms with Crippen LogP contribution in [0.25, 0.3) is 0 Å². The van der Waals surface area contributed by atoms with Gasteiger partial charge in [0, 0.05) is 23.5 Å². The van der Waals surface area contributed by atoms with E-state index in [0.29, 0.717) is 16.5 Å². The van der Waals surface area contributed by atoms with Crippen LogP contribution in [0.5, 0.6) is 11.5 Å². The Kier molecular flexibility index (Phi) is 3.23. The van der Waals surface area contributed by atoms with E-state index in [1.165, 1.54) is 0 Å². The van der Waals surface area contributed by atoms with Crippen LogP contribution in [0.3, 0.4) is 0 Å². The summed E-state index contributed by atoms with van der Waals surface area (Å²) in [5, 5.41) is 0.651. The van der Waals surface area contributed by atoms with Crippen LogP contribution >= 0.6 is 27.5 Å². The van der Waals surface area contributed by atoms with Crippen molar-refractivity contribution < 1.29 is 4.74 Å². The van der Waals surface area contributed by atoms with Crippen LogP contribution in [0.1, 0.15) is 0 Å². The minimum atomic E-state index is 0.651. The molecule has 2 nitrogen and oxygen atoms in total. The van der Waals surface area contributed by atoms with Gasteiger partial charge in [-0.05, 0) is 34.1 Å². The highest BCUT2D eigenvalue weighted by atomic mass is 79.9. The first kappa shape index (κ1) is 10.5. The van der Waals surface area contributed by atoms with Crippen molar-refractivity contribution in [2.75, 3.05) is 0 Å². The summed E-state index contributed by atoms with van der Waals surface area (Å²) >= 11 is 9.20. The topological polar surface area (TPSA) is 22.1 Å². The van der Waals surface area contributed by atoms with Crippen molar-refractivity contribution in [2.24, 2.45) is 0 Å². The van der Waals surface area contributed by atoms with Gasteiger partial charge in [-0.1, -0.05) is 17.7 Å². The van der Waals surface area contributed by atoms with E-state index < -0.39 is 0 Å². The maximum atomic E-state index is 5.85. The molecule has 0 N–H and O–H groups in total. The average molecular weight is 285 g/mol. The quantitative estimate of drug-likeness (QED) is 0.821. The Morgan fingerprint density at radius 3 is 2.87 bits per heavy atom. The minimum Gasteiger partial charge on any atom is -0.456 e. The Morgan fingerprint density at radius 2 is 2.13 bits per heavy atom. The van der Waals surface area contributed by atoms with Crippen LogP contribution in [0.2, 0.25) is 5.02 Å². The summed E-state index contributed by atoms with van der Waals surface area (Å²) in [5.74, 6) is 1.42. The van der Waals surface area contributed by atoms with Crippen molar-refractivity contribution in [1.82, 2.24) is 4.98 Å². The Bertz CT molecular complexity index is 476. The van der Waals surface area contributed by atoms with Crippen molar-refractivity contribution in [3.05, 3.63) is 52.2 Å². The number of ether oxygens (including phenoxy) is 1. The number of pyridine rings is 1. The molecular weight excluding hydrogens is 277 g/mol. The van der Waals surface area contributed by atoms with E-state index in [0.717, 1.165) is 4.47 Å². The van der Waals surface area contributed by atoms with Crippen LogP contribution in [-0.2, 0) is 0 Å². The molecule has 0 aliphatic carbocycles. The molecule has 0 unspecified atom stereocenters. The molecule has 2 aromatic rings. The molecule has 0 radical (unpaired) electrons. The first-order valence-corrected chi connectivity index (χ1v) is 5.46. The van der Waals surface area contributed by atoms with Gasteiger partial charge in [0.05, 0.1) is 4.47 Å². The van der Waals surface area contributed by atoms with Crippen LogP contribution < -0.4 is 4.74 Å². The summed E-state index contributed by atoms with van der Waals surface area (Å²) in [4.78, 5) is 3.95. The van der Waals surface area contributed by atoms with E-state index in [9.17, 15) is 0 Å². The summed E-state index contributed by atoms with van der Waals surface area (Å²) in [5.41, 5.74) is 0. The lowest BCUT2D eigenvalue weighted by molar-refractivity contribution is 0.479. The van der Waals surface area contributed by atoms with Gasteiger partial charge in [-0.25, -0.2) is 0 Å². The summed E-state index contributed by atoms with van der Waals surface area (Å²) in [6.07, 6.45) is 3.35. The fourth-order valence-electron chi connectivity index (χ4n) is 1.10. The first-order chi connectivity index (χ1) is 7.25. The SMILES string of the molecule is Clc1cccc(Oc2ccncc2Br)c1. The second kappa shape index (κ2) is 4.64. The molecule has 0 fully saturated rings. The van der Waals surface area contributed by atoms with Gasteiger partial charge in [-0.2, -0.15) is 0 Å². The average Bonchev–Trinajstić information content (AvgIpc) is 2.22. The number of rotatable bonds is 2. The van der Waals surface area contributed by atoms with Crippen molar-refractivity contribution in [3.8, 4) is 11.5 Å². The Morgan fingerprint density at radius 1 is 1.27 bits per heavy atom. The molecule has 0 aliphatic heterocycles. The molecule has 1 aromatic heterocycles. The van der Waals surface area contributed by atoms with Crippen molar-refractivity contribution in [1.29, 1.82) is 0 Å². The van der Waals surface area contributed by atoms with E-state index in [1.54, 1.807) is 30.6 Å². The zero-order valence-electron chi connectivity index (χ0n) is 7.65. The monoisotopic (exact) mass is 283 g/mol. The minimum absolute atomic E-state index is 0.651. The van der Waals surface area contributed by atoms with Gasteiger partial charge in [0.2, 0.25) is 0 Å². The number of nitrogens with zero attached hydrogens (tertiary/aromatic N) is 1. The van der Waals surface area contributed by atoms with E-state index in [2.05, 4.69) is 20.9 Å². The lowest BCUT2D eigenvalue weighted by Gasteiger charge is -2.06. The number of hydrogen-bond acceptors (Lipinski definition) is 2. The fourth-order valence-corrected chi connectivity index (χ4v) is 1.61. The van der Waals surface area contributed by atoms with Gasteiger partial charge in [-0.3, -0.25) is 4.98 Å². The van der Waals surface area contributed by atoms with Crippen LogP contribution in [0, 0.1) is 0 Å². The number of halogens is 2. The summed E-state index contributed by atoms with van der Waals surface area (Å²) < 4.78 is 6.43. The second-order valence-corrected chi connectivity index (χ2v) is 4.16. The lowest BCUT2D eigenvalue weighted by Crippen LogP contribution is -1.85. The molecule has 0 atom stereocenters. The van der Waals surface area contributed by atoms with Crippen LogP contribution in [-0.4, -0.2) is 4.98 Å². The highest BCUT2D eigenvalue weighted by Crippen LogP contribution is 2.29. The highest BCUT2D eigenvalue weighted by molar-refractivity contribution is 9.10. The van der Waals surface area contributed by atoms with E-state index in [-0.39, 0.29) is 0 Å². The molecular formula is C11H7BrClNO. The Hall–Kier alpha value is -1.06. The summed E-state index contributed by atoms with van der Waals surface area (Å²) in [7, 11) is 0. The zero-order valence-corrected chi connectivity index (χ0v) is 9.99. The Labute approximate surface area is 101 Å². The van der Waals surface area contributed by atoms with Crippen LogP contribution in [0.15, 0.2) is 47.2 Å². The smallest absolute Gasteiger partial charge is 0.144 e. The molecule has 4 heteroatoms. The van der Waals surface area contributed by atoms with Crippen molar-refractivity contribution in [3.63, 3.8) is 0 Å². The normalized spacial score (nSPS) is 10.0. The second-order valence-electron chi connectivity index (χ2n) is 2.87. The highest BCUT2D eigenvalue weighted by Gasteiger charge is 2.01. The van der Waals surface area contributed by atoms with Gasteiger partial charge >= 0.3 is 0 Å². The number of benzene rings is 1. The third-order valence-electron chi connectivity index (χ3n) is 1.76. The first-order valence-electron chi connectivity index (χ1n) is 4.28. The van der Waals surface area contributed by atoms with Gasteiger partial charge in [-0.15, -0.1) is 0 Å². The van der Waals surface area contributed by atoms with Gasteiger partial charge in [0.1, 0.15) is 11.5 Å². The molecule has 2 rings (SSSR count). The molecule has 0 aliphatic rings. The number of aromatic nitrogens is 1. The molecule has 76 valence electrons. The molecule has 1 heterocycles. The molecule has 0 spiro atoms. The van der Waals surface area contributed by atoms with E-state index in [4.69, 9.17) is 16.3 Å². The van der Waals surface area contributed by atoms with E-state index in [1.807, 2.05) is 12.1 Å². The largest absolute Gasteiger partial charge is 0.456 e. The van der Waals surface area contributed by atoms with Gasteiger partial charge in [0.25, 0.3) is 0 Å². The molecule has 0 saturated heterocycles. The summed E-state index contributed by atoms with van der Waals surface area (Å²) in [6.45, 7) is 0. The predicted octanol–water partition coefficient (Wildman–Crippen LogP) is 4.29. The third kappa shape index (κ3) is 2.70. The fraction of sp³-hybridized carbons (Fsp3) is 0. The van der Waals surface area contributed by atoms with Crippen LogP contribution in [0.4, 0.5) is 0 Å².